The topological polar surface area (TPSA) is 59.1 Å². The van der Waals surface area contributed by atoms with E-state index in [9.17, 15) is 9.59 Å². The fourth-order valence-corrected chi connectivity index (χ4v) is 5.11. The molecule has 3 heterocycles. The van der Waals surface area contributed by atoms with Gasteiger partial charge in [-0.05, 0) is 38.8 Å². The van der Waals surface area contributed by atoms with Crippen molar-refractivity contribution in [2.45, 2.75) is 44.8 Å². The molecule has 4 rings (SSSR count). The molecular formula is C19H24N2O4. The molecule has 3 aliphatic rings. The summed E-state index contributed by atoms with van der Waals surface area (Å²) in [5.74, 6) is -0.223. The van der Waals surface area contributed by atoms with E-state index in [-0.39, 0.29) is 24.3 Å². The Bertz CT molecular complexity index is 747. The van der Waals surface area contributed by atoms with Crippen LogP contribution in [0, 0.1) is 5.41 Å². The van der Waals surface area contributed by atoms with Gasteiger partial charge in [-0.2, -0.15) is 0 Å². The van der Waals surface area contributed by atoms with Gasteiger partial charge in [-0.3, -0.25) is 9.69 Å². The summed E-state index contributed by atoms with van der Waals surface area (Å²) in [6.45, 7) is 6.44. The van der Waals surface area contributed by atoms with E-state index in [0.717, 1.165) is 11.3 Å². The molecule has 3 aliphatic heterocycles. The number of ether oxygens (including phenoxy) is 2. The zero-order valence-electron chi connectivity index (χ0n) is 15.1. The van der Waals surface area contributed by atoms with Crippen molar-refractivity contribution in [3.8, 4) is 0 Å². The molecule has 25 heavy (non-hydrogen) atoms. The van der Waals surface area contributed by atoms with E-state index >= 15 is 0 Å². The van der Waals surface area contributed by atoms with Gasteiger partial charge in [-0.1, -0.05) is 18.2 Å². The highest BCUT2D eigenvalue weighted by Crippen LogP contribution is 2.62. The molecule has 1 aromatic rings. The molecule has 0 bridgehead atoms. The van der Waals surface area contributed by atoms with Crippen LogP contribution in [0.3, 0.4) is 0 Å². The van der Waals surface area contributed by atoms with E-state index in [1.807, 2.05) is 50.9 Å². The van der Waals surface area contributed by atoms with Gasteiger partial charge >= 0.3 is 12.1 Å². The summed E-state index contributed by atoms with van der Waals surface area (Å²) in [7, 11) is 1.99. The van der Waals surface area contributed by atoms with Crippen LogP contribution in [0.5, 0.6) is 0 Å². The Morgan fingerprint density at radius 1 is 1.40 bits per heavy atom. The summed E-state index contributed by atoms with van der Waals surface area (Å²) in [5.41, 5.74) is 0.874. The number of fused-ring (bicyclic) bond motifs is 5. The zero-order valence-corrected chi connectivity index (χ0v) is 15.1. The SMILES string of the molecule is CCOC(=O)C(C)(C)[C@@]12C[C@H]3COC(=O)N3[C@@H]1N(C)c1ccccc12. The highest BCUT2D eigenvalue weighted by Gasteiger charge is 2.70. The number of carbonyl (C=O) groups is 2. The Kier molecular flexibility index (Phi) is 3.33. The first kappa shape index (κ1) is 16.2. The molecule has 0 N–H and O–H groups in total. The molecule has 0 spiro atoms. The number of cyclic esters (lactones) is 1. The number of nitrogens with zero attached hydrogens (tertiary/aromatic N) is 2. The minimum Gasteiger partial charge on any atom is -0.466 e. The number of benzene rings is 1. The molecule has 1 amide bonds. The van der Waals surface area contributed by atoms with E-state index in [4.69, 9.17) is 9.47 Å². The van der Waals surface area contributed by atoms with Gasteiger partial charge in [0.05, 0.1) is 23.5 Å². The lowest BCUT2D eigenvalue weighted by Gasteiger charge is -2.44. The molecule has 6 nitrogen and oxygen atoms in total. The van der Waals surface area contributed by atoms with Gasteiger partial charge in [0.1, 0.15) is 12.8 Å². The predicted octanol–water partition coefficient (Wildman–Crippen LogP) is 2.51. The number of amides is 1. The van der Waals surface area contributed by atoms with Crippen LogP contribution >= 0.6 is 0 Å². The molecule has 0 unspecified atom stereocenters. The van der Waals surface area contributed by atoms with E-state index < -0.39 is 10.8 Å². The molecular weight excluding hydrogens is 320 g/mol. The third-order valence-corrected chi connectivity index (χ3v) is 6.30. The van der Waals surface area contributed by atoms with Crippen molar-refractivity contribution in [2.24, 2.45) is 5.41 Å². The van der Waals surface area contributed by atoms with Crippen molar-refractivity contribution in [1.82, 2.24) is 4.90 Å². The molecule has 3 atom stereocenters. The van der Waals surface area contributed by atoms with Crippen molar-refractivity contribution < 1.29 is 19.1 Å². The highest BCUT2D eigenvalue weighted by molar-refractivity contribution is 5.84. The fraction of sp³-hybridized carbons (Fsp3) is 0.579. The number of hydrogen-bond donors (Lipinski definition) is 0. The van der Waals surface area contributed by atoms with Gasteiger partial charge in [0.2, 0.25) is 0 Å². The molecule has 0 saturated carbocycles. The highest BCUT2D eigenvalue weighted by atomic mass is 16.6. The quantitative estimate of drug-likeness (QED) is 0.789. The van der Waals surface area contributed by atoms with Crippen LogP contribution in [-0.4, -0.2) is 49.4 Å². The normalized spacial score (nSPS) is 30.0. The Morgan fingerprint density at radius 3 is 2.84 bits per heavy atom. The Hall–Kier alpha value is -2.24. The molecule has 2 saturated heterocycles. The Balaban J connectivity index is 1.93. The average molecular weight is 344 g/mol. The van der Waals surface area contributed by atoms with E-state index in [1.165, 1.54) is 0 Å². The summed E-state index contributed by atoms with van der Waals surface area (Å²) in [5, 5.41) is 0. The van der Waals surface area contributed by atoms with E-state index in [2.05, 4.69) is 11.0 Å². The van der Waals surface area contributed by atoms with Crippen molar-refractivity contribution in [3.63, 3.8) is 0 Å². The molecule has 1 aromatic carbocycles. The Morgan fingerprint density at radius 2 is 2.12 bits per heavy atom. The second-order valence-corrected chi connectivity index (χ2v) is 7.66. The fourth-order valence-electron chi connectivity index (χ4n) is 5.11. The summed E-state index contributed by atoms with van der Waals surface area (Å²) < 4.78 is 10.7. The molecule has 0 aromatic heterocycles. The Labute approximate surface area is 147 Å². The second kappa shape index (κ2) is 5.13. The van der Waals surface area contributed by atoms with Gasteiger partial charge in [0, 0.05) is 12.7 Å². The van der Waals surface area contributed by atoms with Crippen LogP contribution < -0.4 is 4.90 Å². The van der Waals surface area contributed by atoms with Gasteiger partial charge < -0.3 is 14.4 Å². The first-order chi connectivity index (χ1) is 11.9. The zero-order chi connectivity index (χ0) is 18.0. The molecule has 134 valence electrons. The van der Waals surface area contributed by atoms with Crippen LogP contribution in [0.1, 0.15) is 32.8 Å². The smallest absolute Gasteiger partial charge is 0.411 e. The maximum absolute atomic E-state index is 12.9. The van der Waals surface area contributed by atoms with Crippen LogP contribution in [-0.2, 0) is 19.7 Å². The number of para-hydroxylation sites is 1. The number of likely N-dealkylation sites (N-methyl/N-ethyl adjacent to an activating group) is 1. The monoisotopic (exact) mass is 344 g/mol. The van der Waals surface area contributed by atoms with Crippen LogP contribution in [0.25, 0.3) is 0 Å². The first-order valence-corrected chi connectivity index (χ1v) is 8.81. The number of hydrogen-bond acceptors (Lipinski definition) is 5. The molecule has 0 radical (unpaired) electrons. The number of carbonyl (C=O) groups excluding carboxylic acids is 2. The van der Waals surface area contributed by atoms with Gasteiger partial charge in [0.25, 0.3) is 0 Å². The number of anilines is 1. The second-order valence-electron chi connectivity index (χ2n) is 7.66. The van der Waals surface area contributed by atoms with Crippen LogP contribution in [0.15, 0.2) is 24.3 Å². The third kappa shape index (κ3) is 1.80. The van der Waals surface area contributed by atoms with E-state index in [0.29, 0.717) is 19.6 Å². The first-order valence-electron chi connectivity index (χ1n) is 8.81. The van der Waals surface area contributed by atoms with Crippen molar-refractivity contribution in [3.05, 3.63) is 29.8 Å². The minimum atomic E-state index is -0.779. The summed E-state index contributed by atoms with van der Waals surface area (Å²) in [4.78, 5) is 29.3. The largest absolute Gasteiger partial charge is 0.466 e. The van der Waals surface area contributed by atoms with Crippen LogP contribution in [0.4, 0.5) is 10.5 Å². The predicted molar refractivity (Wildman–Crippen MR) is 92.3 cm³/mol. The standard InChI is InChI=1S/C19H24N2O4/c1-5-24-16(22)18(2,3)19-10-12-11-25-17(23)21(12)15(19)20(4)14-9-7-6-8-13(14)19/h6-9,12,15H,5,10-11H2,1-4H3/t12-,15-,19+/m0/s1. The lowest BCUT2D eigenvalue weighted by molar-refractivity contribution is -0.158. The molecule has 6 heteroatoms. The maximum Gasteiger partial charge on any atom is 0.411 e. The maximum atomic E-state index is 12.9. The number of esters is 1. The minimum absolute atomic E-state index is 0.0120. The summed E-state index contributed by atoms with van der Waals surface area (Å²) in [6, 6.07) is 8.11. The van der Waals surface area contributed by atoms with Crippen molar-refractivity contribution >= 4 is 17.7 Å². The van der Waals surface area contributed by atoms with Gasteiger partial charge in [0.15, 0.2) is 0 Å². The van der Waals surface area contributed by atoms with Crippen LogP contribution in [0.2, 0.25) is 0 Å². The molecule has 2 fully saturated rings. The van der Waals surface area contributed by atoms with Gasteiger partial charge in [-0.25, -0.2) is 4.79 Å². The third-order valence-electron chi connectivity index (χ3n) is 6.30. The number of rotatable bonds is 3. The summed E-state index contributed by atoms with van der Waals surface area (Å²) >= 11 is 0. The lowest BCUT2D eigenvalue weighted by Crippen LogP contribution is -2.57. The van der Waals surface area contributed by atoms with Gasteiger partial charge in [-0.15, -0.1) is 0 Å². The average Bonchev–Trinajstić information content (AvgIpc) is 3.19. The summed E-state index contributed by atoms with van der Waals surface area (Å²) in [6.07, 6.45) is 0.150. The van der Waals surface area contributed by atoms with Crippen molar-refractivity contribution in [2.75, 3.05) is 25.2 Å². The molecule has 0 aliphatic carbocycles. The lowest BCUT2D eigenvalue weighted by atomic mass is 9.60. The van der Waals surface area contributed by atoms with Crippen molar-refractivity contribution in [1.29, 1.82) is 0 Å². The van der Waals surface area contributed by atoms with E-state index in [1.54, 1.807) is 0 Å².